The standard InChI is InChI=1S/C17H17N.C17H13N/c2*1-2-7-15-12-18-10-9-13-5-3-4-8-16(13)17(18)11-14(15)6-1/h1-8,17H,9-12H2;1-11H,12H2. The van der Waals surface area contributed by atoms with Crippen molar-refractivity contribution in [3.8, 4) is 0 Å². The molecule has 0 N–H and O–H groups in total. The van der Waals surface area contributed by atoms with E-state index in [1.165, 1.54) is 58.5 Å². The van der Waals surface area contributed by atoms with E-state index in [0.29, 0.717) is 6.04 Å². The number of fused-ring (bicyclic) bond motifs is 8. The van der Waals surface area contributed by atoms with Crippen molar-refractivity contribution in [3.05, 3.63) is 148 Å². The van der Waals surface area contributed by atoms with Gasteiger partial charge in [0.15, 0.2) is 0 Å². The maximum atomic E-state index is 2.64. The van der Waals surface area contributed by atoms with E-state index in [0.717, 1.165) is 13.1 Å². The molecule has 36 heavy (non-hydrogen) atoms. The van der Waals surface area contributed by atoms with Gasteiger partial charge in [-0.1, -0.05) is 97.1 Å². The Kier molecular flexibility index (Phi) is 5.33. The first-order chi connectivity index (χ1) is 17.8. The fourth-order valence-corrected chi connectivity index (χ4v) is 6.20. The summed E-state index contributed by atoms with van der Waals surface area (Å²) in [5.74, 6) is 0. The van der Waals surface area contributed by atoms with Crippen molar-refractivity contribution in [1.29, 1.82) is 0 Å². The van der Waals surface area contributed by atoms with E-state index >= 15 is 0 Å². The Morgan fingerprint density at radius 2 is 1.31 bits per heavy atom. The Balaban J connectivity index is 0.000000122. The molecule has 0 aliphatic carbocycles. The number of benzene rings is 4. The first kappa shape index (κ1) is 21.4. The lowest BCUT2D eigenvalue weighted by Gasteiger charge is -2.41. The Morgan fingerprint density at radius 1 is 0.611 bits per heavy atom. The highest BCUT2D eigenvalue weighted by atomic mass is 15.2. The van der Waals surface area contributed by atoms with Crippen LogP contribution >= 0.6 is 0 Å². The summed E-state index contributed by atoms with van der Waals surface area (Å²) in [4.78, 5) is 4.97. The molecule has 0 amide bonds. The summed E-state index contributed by atoms with van der Waals surface area (Å²) >= 11 is 0. The molecule has 1 atom stereocenters. The number of hydrogen-bond acceptors (Lipinski definition) is 2. The molecule has 0 bridgehead atoms. The number of hydrogen-bond donors (Lipinski definition) is 0. The normalized spacial score (nSPS) is 18.7. The summed E-state index contributed by atoms with van der Waals surface area (Å²) in [5, 5.41) is 0. The summed E-state index contributed by atoms with van der Waals surface area (Å²) in [6.07, 6.45) is 9.05. The van der Waals surface area contributed by atoms with Crippen LogP contribution in [0.3, 0.4) is 0 Å². The Labute approximate surface area is 213 Å². The van der Waals surface area contributed by atoms with E-state index in [4.69, 9.17) is 0 Å². The molecule has 2 heteroatoms. The van der Waals surface area contributed by atoms with Crippen molar-refractivity contribution >= 4 is 17.8 Å². The molecule has 4 aromatic rings. The molecule has 176 valence electrons. The topological polar surface area (TPSA) is 6.48 Å². The molecule has 1 unspecified atom stereocenters. The zero-order valence-electron chi connectivity index (χ0n) is 20.5. The fourth-order valence-electron chi connectivity index (χ4n) is 6.20. The van der Waals surface area contributed by atoms with Crippen LogP contribution in [-0.4, -0.2) is 16.3 Å². The average molecular weight is 467 g/mol. The Hall–Kier alpha value is -3.88. The van der Waals surface area contributed by atoms with Crippen molar-refractivity contribution in [3.63, 3.8) is 0 Å². The lowest BCUT2D eigenvalue weighted by atomic mass is 9.84. The lowest BCUT2D eigenvalue weighted by Crippen LogP contribution is -2.39. The monoisotopic (exact) mass is 466 g/mol. The molecular weight excluding hydrogens is 436 g/mol. The van der Waals surface area contributed by atoms with Crippen LogP contribution in [0.15, 0.2) is 103 Å². The van der Waals surface area contributed by atoms with E-state index in [9.17, 15) is 0 Å². The predicted molar refractivity (Wildman–Crippen MR) is 149 cm³/mol. The molecule has 4 heterocycles. The highest BCUT2D eigenvalue weighted by molar-refractivity contribution is 5.89. The Morgan fingerprint density at radius 3 is 2.19 bits per heavy atom. The van der Waals surface area contributed by atoms with E-state index in [1.807, 2.05) is 0 Å². The number of nitrogens with zero attached hydrogens (tertiary/aromatic N) is 2. The molecule has 2 nitrogen and oxygen atoms in total. The molecular formula is C34H30N2. The minimum Gasteiger partial charge on any atom is -0.343 e. The second-order valence-electron chi connectivity index (χ2n) is 10.2. The van der Waals surface area contributed by atoms with Crippen LogP contribution in [0.1, 0.15) is 50.5 Å². The highest BCUT2D eigenvalue weighted by Gasteiger charge is 2.31. The quantitative estimate of drug-likeness (QED) is 0.268. The Bertz CT molecular complexity index is 1490. The molecule has 0 saturated carbocycles. The van der Waals surface area contributed by atoms with Crippen LogP contribution in [0.4, 0.5) is 0 Å². The highest BCUT2D eigenvalue weighted by Crippen LogP contribution is 2.38. The van der Waals surface area contributed by atoms with Gasteiger partial charge in [-0.25, -0.2) is 0 Å². The van der Waals surface area contributed by atoms with Crippen LogP contribution < -0.4 is 0 Å². The van der Waals surface area contributed by atoms with Gasteiger partial charge in [0.25, 0.3) is 0 Å². The summed E-state index contributed by atoms with van der Waals surface area (Å²) < 4.78 is 0. The zero-order valence-corrected chi connectivity index (χ0v) is 20.5. The third-order valence-electron chi connectivity index (χ3n) is 8.10. The maximum Gasteiger partial charge on any atom is 0.0495 e. The van der Waals surface area contributed by atoms with E-state index in [-0.39, 0.29) is 0 Å². The minimum atomic E-state index is 0.602. The van der Waals surface area contributed by atoms with Crippen molar-refractivity contribution in [2.45, 2.75) is 32.0 Å². The average Bonchev–Trinajstić information content (AvgIpc) is 2.95. The fraction of sp³-hybridized carbons (Fsp3) is 0.176. The van der Waals surface area contributed by atoms with Crippen LogP contribution in [0.25, 0.3) is 17.8 Å². The van der Waals surface area contributed by atoms with Crippen molar-refractivity contribution < 1.29 is 0 Å². The van der Waals surface area contributed by atoms with Crippen LogP contribution in [0, 0.1) is 0 Å². The number of rotatable bonds is 0. The lowest BCUT2D eigenvalue weighted by molar-refractivity contribution is 0.161. The molecule has 8 rings (SSSR count). The zero-order chi connectivity index (χ0) is 23.9. The molecule has 4 aromatic carbocycles. The first-order valence-corrected chi connectivity index (χ1v) is 13.1. The smallest absolute Gasteiger partial charge is 0.0495 e. The molecule has 4 aliphatic heterocycles. The van der Waals surface area contributed by atoms with Gasteiger partial charge in [-0.15, -0.1) is 0 Å². The van der Waals surface area contributed by atoms with Gasteiger partial charge in [0.2, 0.25) is 0 Å². The molecule has 4 aliphatic rings. The van der Waals surface area contributed by atoms with Gasteiger partial charge in [0.05, 0.1) is 0 Å². The van der Waals surface area contributed by atoms with Gasteiger partial charge in [-0.2, -0.15) is 0 Å². The second-order valence-corrected chi connectivity index (χ2v) is 10.2. The third kappa shape index (κ3) is 3.79. The molecule has 0 aromatic heterocycles. The van der Waals surface area contributed by atoms with Gasteiger partial charge < -0.3 is 4.90 Å². The summed E-state index contributed by atoms with van der Waals surface area (Å²) in [5.41, 5.74) is 12.8. The first-order valence-electron chi connectivity index (χ1n) is 13.1. The molecule has 0 radical (unpaired) electrons. The van der Waals surface area contributed by atoms with Crippen molar-refractivity contribution in [1.82, 2.24) is 9.80 Å². The SMILES string of the molecule is C1=CN2Cc3ccccc3C=C2c2ccccc21.c1ccc2c(c1)CC1c3ccccc3CCN1C2. The van der Waals surface area contributed by atoms with E-state index in [2.05, 4.69) is 125 Å². The van der Waals surface area contributed by atoms with Crippen molar-refractivity contribution in [2.24, 2.45) is 0 Å². The van der Waals surface area contributed by atoms with Gasteiger partial charge >= 0.3 is 0 Å². The van der Waals surface area contributed by atoms with Gasteiger partial charge in [-0.05, 0) is 63.9 Å². The second kappa shape index (κ2) is 8.96. The van der Waals surface area contributed by atoms with Gasteiger partial charge in [0, 0.05) is 43.1 Å². The molecule has 0 fully saturated rings. The van der Waals surface area contributed by atoms with Crippen molar-refractivity contribution in [2.75, 3.05) is 6.54 Å². The van der Waals surface area contributed by atoms with Crippen LogP contribution in [-0.2, 0) is 25.9 Å². The largest absolute Gasteiger partial charge is 0.343 e. The maximum absolute atomic E-state index is 2.64. The van der Waals surface area contributed by atoms with E-state index < -0.39 is 0 Å². The van der Waals surface area contributed by atoms with Crippen LogP contribution in [0.2, 0.25) is 0 Å². The summed E-state index contributed by atoms with van der Waals surface area (Å²) in [6, 6.07) is 35.7. The predicted octanol–water partition coefficient (Wildman–Crippen LogP) is 7.33. The summed E-state index contributed by atoms with van der Waals surface area (Å²) in [7, 11) is 0. The van der Waals surface area contributed by atoms with Gasteiger partial charge in [-0.3, -0.25) is 4.90 Å². The summed E-state index contributed by atoms with van der Waals surface area (Å²) in [6.45, 7) is 3.29. The third-order valence-corrected chi connectivity index (χ3v) is 8.10. The molecule has 0 spiro atoms. The van der Waals surface area contributed by atoms with Gasteiger partial charge in [0.1, 0.15) is 0 Å². The van der Waals surface area contributed by atoms with Crippen LogP contribution in [0.5, 0.6) is 0 Å². The molecule has 0 saturated heterocycles. The minimum absolute atomic E-state index is 0.602. The van der Waals surface area contributed by atoms with E-state index in [1.54, 1.807) is 11.1 Å².